The topological polar surface area (TPSA) is 8.17 Å². The van der Waals surface area contributed by atoms with E-state index in [0.29, 0.717) is 0 Å². The molecule has 0 unspecified atom stereocenters. The number of para-hydroxylation sites is 1. The van der Waals surface area contributed by atoms with Crippen molar-refractivity contribution in [1.82, 2.24) is 4.57 Å². The Morgan fingerprint density at radius 3 is 2.92 bits per heavy atom. The zero-order chi connectivity index (χ0) is 8.84. The molecule has 3 rings (SSSR count). The molecule has 0 fully saturated rings. The van der Waals surface area contributed by atoms with E-state index in [1.165, 1.54) is 16.7 Å². The van der Waals surface area contributed by atoms with Gasteiger partial charge in [-0.25, -0.2) is 0 Å². The molecule has 2 aromatic rings. The van der Waals surface area contributed by atoms with Gasteiger partial charge in [0.25, 0.3) is 0 Å². The van der Waals surface area contributed by atoms with Crippen molar-refractivity contribution in [3.05, 3.63) is 30.3 Å². The third kappa shape index (κ3) is 0.829. The van der Waals surface area contributed by atoms with Crippen LogP contribution in [0.25, 0.3) is 10.9 Å². The largest absolute Gasteiger partial charge is 0.359 e. The first-order chi connectivity index (χ1) is 6.36. The Balaban J connectivity index is 2.38. The van der Waals surface area contributed by atoms with Crippen molar-refractivity contribution in [2.24, 2.45) is 0 Å². The van der Waals surface area contributed by atoms with Gasteiger partial charge in [0.15, 0.2) is 0 Å². The molecule has 1 aliphatic heterocycles. The van der Waals surface area contributed by atoms with Crippen LogP contribution < -0.4 is 4.90 Å². The van der Waals surface area contributed by atoms with Crippen LogP contribution in [-0.4, -0.2) is 18.2 Å². The second-order valence-corrected chi connectivity index (χ2v) is 3.63. The summed E-state index contributed by atoms with van der Waals surface area (Å²) >= 11 is 0. The second-order valence-electron chi connectivity index (χ2n) is 3.63. The summed E-state index contributed by atoms with van der Waals surface area (Å²) < 4.78 is 2.38. The normalized spacial score (nSPS) is 15.3. The van der Waals surface area contributed by atoms with Crippen LogP contribution >= 0.6 is 0 Å². The smallest absolute Gasteiger partial charge is 0.109 e. The van der Waals surface area contributed by atoms with E-state index in [2.05, 4.69) is 46.8 Å². The monoisotopic (exact) mass is 172 g/mol. The van der Waals surface area contributed by atoms with Gasteiger partial charge in [-0.2, -0.15) is 0 Å². The lowest BCUT2D eigenvalue weighted by Gasteiger charge is -2.06. The van der Waals surface area contributed by atoms with Gasteiger partial charge >= 0.3 is 0 Å². The number of likely N-dealkylation sites (N-methyl/N-ethyl adjacent to an activating group) is 1. The number of anilines is 1. The lowest BCUT2D eigenvalue weighted by atomic mass is 10.2. The van der Waals surface area contributed by atoms with Crippen LogP contribution in [0.4, 0.5) is 5.82 Å². The molecule has 0 atom stereocenters. The van der Waals surface area contributed by atoms with E-state index in [4.69, 9.17) is 0 Å². The fourth-order valence-electron chi connectivity index (χ4n) is 2.11. The lowest BCUT2D eigenvalue weighted by Crippen LogP contribution is -2.12. The van der Waals surface area contributed by atoms with Crippen LogP contribution in [0.15, 0.2) is 30.3 Å². The van der Waals surface area contributed by atoms with E-state index in [0.717, 1.165) is 13.1 Å². The van der Waals surface area contributed by atoms with Crippen LogP contribution in [0.5, 0.6) is 0 Å². The van der Waals surface area contributed by atoms with Crippen molar-refractivity contribution >= 4 is 16.7 Å². The maximum Gasteiger partial charge on any atom is 0.109 e. The van der Waals surface area contributed by atoms with Crippen LogP contribution in [0.1, 0.15) is 0 Å². The summed E-state index contributed by atoms with van der Waals surface area (Å²) in [5.74, 6) is 1.35. The Kier molecular flexibility index (Phi) is 1.23. The van der Waals surface area contributed by atoms with Crippen LogP contribution in [-0.2, 0) is 6.54 Å². The molecular weight excluding hydrogens is 160 g/mol. The number of hydrogen-bond acceptors (Lipinski definition) is 1. The Bertz CT molecular complexity index is 456. The summed E-state index contributed by atoms with van der Waals surface area (Å²) in [6.07, 6.45) is 0. The van der Waals surface area contributed by atoms with E-state index < -0.39 is 0 Å². The Morgan fingerprint density at radius 1 is 1.15 bits per heavy atom. The van der Waals surface area contributed by atoms with E-state index >= 15 is 0 Å². The second kappa shape index (κ2) is 2.28. The van der Waals surface area contributed by atoms with Gasteiger partial charge in [-0.1, -0.05) is 18.2 Å². The van der Waals surface area contributed by atoms with Gasteiger partial charge in [-0.15, -0.1) is 0 Å². The van der Waals surface area contributed by atoms with Crippen molar-refractivity contribution in [3.63, 3.8) is 0 Å². The quantitative estimate of drug-likeness (QED) is 0.590. The van der Waals surface area contributed by atoms with E-state index in [1.807, 2.05) is 0 Å². The zero-order valence-electron chi connectivity index (χ0n) is 7.70. The Labute approximate surface area is 77.4 Å². The molecule has 2 heterocycles. The van der Waals surface area contributed by atoms with Crippen molar-refractivity contribution in [2.45, 2.75) is 6.54 Å². The average Bonchev–Trinajstić information content (AvgIpc) is 2.67. The maximum atomic E-state index is 2.38. The van der Waals surface area contributed by atoms with Gasteiger partial charge in [0.1, 0.15) is 5.82 Å². The minimum absolute atomic E-state index is 1.12. The minimum Gasteiger partial charge on any atom is -0.359 e. The third-order valence-electron chi connectivity index (χ3n) is 2.84. The molecular formula is C11H12N2. The first-order valence-corrected chi connectivity index (χ1v) is 4.66. The molecule has 1 aromatic carbocycles. The van der Waals surface area contributed by atoms with Crippen LogP contribution in [0.3, 0.4) is 0 Å². The molecule has 0 N–H and O–H groups in total. The first-order valence-electron chi connectivity index (χ1n) is 4.66. The molecule has 0 saturated carbocycles. The van der Waals surface area contributed by atoms with Crippen molar-refractivity contribution in [3.8, 4) is 0 Å². The molecule has 1 aliphatic rings. The van der Waals surface area contributed by atoms with Gasteiger partial charge in [0.2, 0.25) is 0 Å². The first kappa shape index (κ1) is 7.01. The molecule has 66 valence electrons. The molecule has 0 bridgehead atoms. The average molecular weight is 172 g/mol. The summed E-state index contributed by atoms with van der Waals surface area (Å²) in [4.78, 5) is 2.31. The molecule has 0 radical (unpaired) electrons. The number of rotatable bonds is 0. The number of benzene rings is 1. The molecule has 0 saturated heterocycles. The highest BCUT2D eigenvalue weighted by Crippen LogP contribution is 2.29. The SMILES string of the molecule is CN1CCn2c1cc1ccccc12. The van der Waals surface area contributed by atoms with E-state index in [-0.39, 0.29) is 0 Å². The summed E-state index contributed by atoms with van der Waals surface area (Å²) in [6.45, 7) is 2.26. The standard InChI is InChI=1S/C11H12N2/c1-12-6-7-13-10-5-3-2-4-9(10)8-11(12)13/h2-5,8H,6-7H2,1H3. The van der Waals surface area contributed by atoms with Gasteiger partial charge in [-0.05, 0) is 12.1 Å². The maximum absolute atomic E-state index is 2.38. The number of fused-ring (bicyclic) bond motifs is 3. The predicted octanol–water partition coefficient (Wildman–Crippen LogP) is 2.09. The minimum atomic E-state index is 1.12. The summed E-state index contributed by atoms with van der Waals surface area (Å²) in [5, 5.41) is 1.35. The fourth-order valence-corrected chi connectivity index (χ4v) is 2.11. The van der Waals surface area contributed by atoms with Gasteiger partial charge < -0.3 is 9.47 Å². The van der Waals surface area contributed by atoms with E-state index in [1.54, 1.807) is 0 Å². The van der Waals surface area contributed by atoms with Gasteiger partial charge in [0, 0.05) is 31.0 Å². The molecule has 13 heavy (non-hydrogen) atoms. The Hall–Kier alpha value is -1.44. The van der Waals surface area contributed by atoms with Crippen LogP contribution in [0.2, 0.25) is 0 Å². The predicted molar refractivity (Wildman–Crippen MR) is 55.2 cm³/mol. The summed E-state index contributed by atoms with van der Waals surface area (Å²) in [5.41, 5.74) is 1.36. The Morgan fingerprint density at radius 2 is 2.00 bits per heavy atom. The summed E-state index contributed by atoms with van der Waals surface area (Å²) in [6, 6.07) is 10.8. The van der Waals surface area contributed by atoms with Crippen molar-refractivity contribution in [1.29, 1.82) is 0 Å². The molecule has 2 nitrogen and oxygen atoms in total. The van der Waals surface area contributed by atoms with Gasteiger partial charge in [-0.3, -0.25) is 0 Å². The molecule has 0 spiro atoms. The molecule has 0 aliphatic carbocycles. The highest BCUT2D eigenvalue weighted by atomic mass is 15.3. The number of aromatic nitrogens is 1. The number of nitrogens with zero attached hydrogens (tertiary/aromatic N) is 2. The molecule has 0 amide bonds. The fraction of sp³-hybridized carbons (Fsp3) is 0.273. The lowest BCUT2D eigenvalue weighted by molar-refractivity contribution is 0.819. The highest BCUT2D eigenvalue weighted by molar-refractivity contribution is 5.85. The van der Waals surface area contributed by atoms with E-state index in [9.17, 15) is 0 Å². The van der Waals surface area contributed by atoms with Crippen LogP contribution in [0, 0.1) is 0 Å². The molecule has 2 heteroatoms. The van der Waals surface area contributed by atoms with Gasteiger partial charge in [0.05, 0.1) is 0 Å². The third-order valence-corrected chi connectivity index (χ3v) is 2.84. The highest BCUT2D eigenvalue weighted by Gasteiger charge is 2.17. The zero-order valence-corrected chi connectivity index (χ0v) is 7.70. The van der Waals surface area contributed by atoms with Crippen molar-refractivity contribution < 1.29 is 0 Å². The van der Waals surface area contributed by atoms with Crippen molar-refractivity contribution in [2.75, 3.05) is 18.5 Å². The molecule has 1 aromatic heterocycles. The number of hydrogen-bond donors (Lipinski definition) is 0. The summed E-state index contributed by atoms with van der Waals surface area (Å²) in [7, 11) is 2.15.